The summed E-state index contributed by atoms with van der Waals surface area (Å²) in [4.78, 5) is 41.8. The van der Waals surface area contributed by atoms with Crippen LogP contribution in [0.25, 0.3) is 16.6 Å². The maximum atomic E-state index is 13.1. The highest BCUT2D eigenvalue weighted by Crippen LogP contribution is 2.36. The fraction of sp³-hybridized carbons (Fsp3) is 0.296. The number of aromatic nitrogens is 4. The van der Waals surface area contributed by atoms with Crippen LogP contribution in [0, 0.1) is 13.8 Å². The molecule has 0 unspecified atom stereocenters. The van der Waals surface area contributed by atoms with Crippen molar-refractivity contribution < 1.29 is 19.1 Å². The highest BCUT2D eigenvalue weighted by Gasteiger charge is 2.23. The molecule has 1 aliphatic carbocycles. The summed E-state index contributed by atoms with van der Waals surface area (Å²) in [6.07, 6.45) is 1.06. The van der Waals surface area contributed by atoms with Gasteiger partial charge in [-0.15, -0.1) is 0 Å². The Bertz CT molecular complexity index is 1620. The van der Waals surface area contributed by atoms with E-state index in [4.69, 9.17) is 21.1 Å². The number of hydrogen-bond acceptors (Lipinski definition) is 7. The zero-order valence-electron chi connectivity index (χ0n) is 20.7. The van der Waals surface area contributed by atoms with E-state index >= 15 is 0 Å². The summed E-state index contributed by atoms with van der Waals surface area (Å²) >= 11 is 6.35. The van der Waals surface area contributed by atoms with Gasteiger partial charge in [-0.3, -0.25) is 14.2 Å². The number of Topliss-reactive ketones (excluding diaryl/α,β-unsaturated/α-hetero) is 1. The first-order valence-corrected chi connectivity index (χ1v) is 12.3. The highest BCUT2D eigenvalue weighted by atomic mass is 35.5. The SMILES string of the molecule is COC(=O)c1ccc2c(-c3cc(Cl)ccc3OCCn3c(C)nc4c(c3=O)CC(=O)CC4)cc(C)nn12. The number of carbonyl (C=O) groups excluding carboxylic acids is 2. The number of aryl methyl sites for hydroxylation is 3. The minimum atomic E-state index is -0.493. The van der Waals surface area contributed by atoms with Crippen molar-refractivity contribution in [1.82, 2.24) is 19.2 Å². The lowest BCUT2D eigenvalue weighted by molar-refractivity contribution is -0.118. The summed E-state index contributed by atoms with van der Waals surface area (Å²) < 4.78 is 14.1. The molecule has 190 valence electrons. The summed E-state index contributed by atoms with van der Waals surface area (Å²) in [5.74, 6) is 0.717. The Hall–Kier alpha value is -3.98. The minimum absolute atomic E-state index is 0.0588. The molecule has 37 heavy (non-hydrogen) atoms. The summed E-state index contributed by atoms with van der Waals surface area (Å²) in [5, 5.41) is 5.00. The number of methoxy groups -OCH3 is 1. The Morgan fingerprint density at radius 1 is 1.08 bits per heavy atom. The van der Waals surface area contributed by atoms with E-state index < -0.39 is 5.97 Å². The maximum absolute atomic E-state index is 13.1. The molecule has 0 saturated heterocycles. The van der Waals surface area contributed by atoms with Crippen molar-refractivity contribution in [2.24, 2.45) is 0 Å². The van der Waals surface area contributed by atoms with E-state index in [0.717, 1.165) is 16.8 Å². The van der Waals surface area contributed by atoms with Crippen molar-refractivity contribution in [1.29, 1.82) is 0 Å². The number of rotatable bonds is 6. The second kappa shape index (κ2) is 9.82. The van der Waals surface area contributed by atoms with Crippen LogP contribution in [0.15, 0.2) is 41.2 Å². The van der Waals surface area contributed by atoms with Gasteiger partial charge in [0, 0.05) is 34.6 Å². The lowest BCUT2D eigenvalue weighted by atomic mass is 9.96. The van der Waals surface area contributed by atoms with Gasteiger partial charge < -0.3 is 9.47 Å². The van der Waals surface area contributed by atoms with E-state index in [-0.39, 0.29) is 30.9 Å². The number of ketones is 1. The Morgan fingerprint density at radius 2 is 1.89 bits per heavy atom. The van der Waals surface area contributed by atoms with Crippen molar-refractivity contribution in [2.75, 3.05) is 13.7 Å². The molecule has 0 atom stereocenters. The number of carbonyl (C=O) groups is 2. The lowest BCUT2D eigenvalue weighted by Gasteiger charge is -2.18. The summed E-state index contributed by atoms with van der Waals surface area (Å²) in [6.45, 7) is 4.08. The van der Waals surface area contributed by atoms with Gasteiger partial charge in [-0.05, 0) is 56.7 Å². The fourth-order valence-corrected chi connectivity index (χ4v) is 4.89. The molecule has 4 aromatic rings. The standard InChI is InChI=1S/C27H25ClN4O5/c1-15-12-19(23-7-8-24(27(35)36-3)32(23)30-15)20-13-17(28)4-9-25(20)37-11-10-31-16(2)29-22-6-5-18(33)14-21(22)26(31)34/h4,7-9,12-13H,5-6,10-11,14H2,1-3H3. The van der Waals surface area contributed by atoms with Crippen LogP contribution in [-0.4, -0.2) is 44.6 Å². The molecule has 1 aliphatic rings. The quantitative estimate of drug-likeness (QED) is 0.356. The minimum Gasteiger partial charge on any atom is -0.491 e. The molecule has 0 fully saturated rings. The maximum Gasteiger partial charge on any atom is 0.356 e. The van der Waals surface area contributed by atoms with Gasteiger partial charge in [0.1, 0.15) is 24.0 Å². The number of hydrogen-bond donors (Lipinski definition) is 0. The molecule has 3 aromatic heterocycles. The molecule has 10 heteroatoms. The Labute approximate surface area is 217 Å². The van der Waals surface area contributed by atoms with Gasteiger partial charge in [0.05, 0.1) is 30.6 Å². The zero-order valence-corrected chi connectivity index (χ0v) is 21.5. The van der Waals surface area contributed by atoms with Gasteiger partial charge in [0.15, 0.2) is 5.69 Å². The average Bonchev–Trinajstić information content (AvgIpc) is 3.30. The molecule has 0 spiro atoms. The molecule has 5 rings (SSSR count). The van der Waals surface area contributed by atoms with Crippen molar-refractivity contribution in [3.63, 3.8) is 0 Å². The van der Waals surface area contributed by atoms with Crippen molar-refractivity contribution in [3.05, 3.63) is 80.2 Å². The second-order valence-electron chi connectivity index (χ2n) is 8.95. The van der Waals surface area contributed by atoms with Gasteiger partial charge >= 0.3 is 5.97 Å². The number of halogens is 1. The fourth-order valence-electron chi connectivity index (χ4n) is 4.72. The molecule has 0 aliphatic heterocycles. The third-order valence-electron chi connectivity index (χ3n) is 6.49. The predicted octanol–water partition coefficient (Wildman–Crippen LogP) is 3.75. The predicted molar refractivity (Wildman–Crippen MR) is 137 cm³/mol. The van der Waals surface area contributed by atoms with Gasteiger partial charge in [-0.25, -0.2) is 14.3 Å². The number of esters is 1. The molecule has 1 aromatic carbocycles. The monoisotopic (exact) mass is 520 g/mol. The Kier molecular flexibility index (Phi) is 6.55. The number of benzene rings is 1. The van der Waals surface area contributed by atoms with E-state index in [1.807, 2.05) is 13.0 Å². The summed E-state index contributed by atoms with van der Waals surface area (Å²) in [7, 11) is 1.32. The Balaban J connectivity index is 1.47. The van der Waals surface area contributed by atoms with E-state index in [1.165, 1.54) is 7.11 Å². The van der Waals surface area contributed by atoms with Crippen LogP contribution in [0.4, 0.5) is 0 Å². The number of nitrogens with zero attached hydrogens (tertiary/aromatic N) is 4. The summed E-state index contributed by atoms with van der Waals surface area (Å²) in [6, 6.07) is 10.6. The van der Waals surface area contributed by atoms with Crippen LogP contribution in [0.3, 0.4) is 0 Å². The van der Waals surface area contributed by atoms with Gasteiger partial charge in [0.2, 0.25) is 0 Å². The summed E-state index contributed by atoms with van der Waals surface area (Å²) in [5.41, 5.74) is 4.19. The molecule has 0 bridgehead atoms. The molecular formula is C27H25ClN4O5. The molecule has 0 N–H and O–H groups in total. The Morgan fingerprint density at radius 3 is 2.68 bits per heavy atom. The van der Waals surface area contributed by atoms with Gasteiger partial charge in [-0.2, -0.15) is 5.10 Å². The number of fused-ring (bicyclic) bond motifs is 2. The van der Waals surface area contributed by atoms with Crippen LogP contribution < -0.4 is 10.3 Å². The number of ether oxygens (including phenoxy) is 2. The molecule has 0 amide bonds. The first-order chi connectivity index (χ1) is 17.8. The van der Waals surface area contributed by atoms with Crippen LogP contribution >= 0.6 is 11.6 Å². The first kappa shape index (κ1) is 24.7. The largest absolute Gasteiger partial charge is 0.491 e. The van der Waals surface area contributed by atoms with Gasteiger partial charge in [-0.1, -0.05) is 11.6 Å². The van der Waals surface area contributed by atoms with Crippen LogP contribution in [-0.2, 0) is 28.9 Å². The normalized spacial score (nSPS) is 13.0. The zero-order chi connectivity index (χ0) is 26.3. The topological polar surface area (TPSA) is 105 Å². The van der Waals surface area contributed by atoms with Crippen LogP contribution in [0.1, 0.15) is 39.7 Å². The second-order valence-corrected chi connectivity index (χ2v) is 9.39. The van der Waals surface area contributed by atoms with Crippen LogP contribution in [0.2, 0.25) is 5.02 Å². The third kappa shape index (κ3) is 4.62. The van der Waals surface area contributed by atoms with E-state index in [0.29, 0.717) is 51.9 Å². The molecule has 0 radical (unpaired) electrons. The van der Waals surface area contributed by atoms with Crippen molar-refractivity contribution >= 4 is 28.9 Å². The smallest absolute Gasteiger partial charge is 0.356 e. The molecule has 0 saturated carbocycles. The van der Waals surface area contributed by atoms with E-state index in [9.17, 15) is 14.4 Å². The lowest BCUT2D eigenvalue weighted by Crippen LogP contribution is -2.34. The first-order valence-electron chi connectivity index (χ1n) is 11.9. The van der Waals surface area contributed by atoms with E-state index in [2.05, 4.69) is 10.1 Å². The van der Waals surface area contributed by atoms with Crippen molar-refractivity contribution in [2.45, 2.75) is 39.7 Å². The average molecular weight is 521 g/mol. The van der Waals surface area contributed by atoms with E-state index in [1.54, 1.807) is 46.3 Å². The third-order valence-corrected chi connectivity index (χ3v) is 6.73. The van der Waals surface area contributed by atoms with Crippen LogP contribution in [0.5, 0.6) is 5.75 Å². The van der Waals surface area contributed by atoms with Gasteiger partial charge in [0.25, 0.3) is 5.56 Å². The molecular weight excluding hydrogens is 496 g/mol. The van der Waals surface area contributed by atoms with Crippen molar-refractivity contribution in [3.8, 4) is 16.9 Å². The molecule has 3 heterocycles. The highest BCUT2D eigenvalue weighted by molar-refractivity contribution is 6.31. The molecule has 9 nitrogen and oxygen atoms in total.